The van der Waals surface area contributed by atoms with Crippen molar-refractivity contribution in [1.82, 2.24) is 20.3 Å². The molecule has 122 valence electrons. The number of carbonyl (C=O) groups is 2. The van der Waals surface area contributed by atoms with Gasteiger partial charge in [0.05, 0.1) is 25.8 Å². The quantitative estimate of drug-likeness (QED) is 0.782. The molecular weight excluding hydrogens is 300 g/mol. The molecule has 0 saturated carbocycles. The number of nitrogens with one attached hydrogen (secondary N) is 1. The van der Waals surface area contributed by atoms with E-state index in [9.17, 15) is 9.59 Å². The first kappa shape index (κ1) is 16.5. The summed E-state index contributed by atoms with van der Waals surface area (Å²) >= 11 is 0. The molecule has 0 aliphatic rings. The van der Waals surface area contributed by atoms with Gasteiger partial charge < -0.3 is 15.2 Å². The predicted octanol–water partition coefficient (Wildman–Crippen LogP) is 0.791. The Morgan fingerprint density at radius 3 is 2.65 bits per heavy atom. The fourth-order valence-corrected chi connectivity index (χ4v) is 2.01. The Hall–Kier alpha value is -2.90. The number of hydrogen-bond donors (Lipinski definition) is 2. The van der Waals surface area contributed by atoms with Gasteiger partial charge in [-0.3, -0.25) is 9.59 Å². The summed E-state index contributed by atoms with van der Waals surface area (Å²) in [7, 11) is 1.59. The summed E-state index contributed by atoms with van der Waals surface area (Å²) in [5.74, 6) is -0.743. The third kappa shape index (κ3) is 4.53. The number of nitrogens with zero attached hydrogens (tertiary/aromatic N) is 3. The van der Waals surface area contributed by atoms with Crippen molar-refractivity contribution in [3.8, 4) is 5.75 Å². The smallest absolute Gasteiger partial charge is 0.325 e. The van der Waals surface area contributed by atoms with Crippen LogP contribution in [-0.4, -0.2) is 39.1 Å². The summed E-state index contributed by atoms with van der Waals surface area (Å²) in [5.41, 5.74) is 1.37. The van der Waals surface area contributed by atoms with Gasteiger partial charge in [-0.15, -0.1) is 5.10 Å². The molecule has 1 atom stereocenters. The van der Waals surface area contributed by atoms with E-state index in [4.69, 9.17) is 9.84 Å². The molecule has 0 radical (unpaired) electrons. The van der Waals surface area contributed by atoms with Crippen LogP contribution in [-0.2, 0) is 22.7 Å². The van der Waals surface area contributed by atoms with E-state index < -0.39 is 5.97 Å². The highest BCUT2D eigenvalue weighted by Gasteiger charge is 2.15. The van der Waals surface area contributed by atoms with Crippen molar-refractivity contribution in [2.45, 2.75) is 25.9 Å². The average molecular weight is 318 g/mol. The number of benzene rings is 1. The Labute approximate surface area is 133 Å². The maximum absolute atomic E-state index is 12.2. The van der Waals surface area contributed by atoms with E-state index in [1.54, 1.807) is 26.2 Å². The molecular formula is C15H18N4O4. The summed E-state index contributed by atoms with van der Waals surface area (Å²) in [6.07, 6.45) is 1.49. The number of carboxylic acids is 1. The highest BCUT2D eigenvalue weighted by atomic mass is 16.5. The molecule has 1 aromatic heterocycles. The van der Waals surface area contributed by atoms with Gasteiger partial charge in [0.1, 0.15) is 18.0 Å². The third-order valence-electron chi connectivity index (χ3n) is 3.34. The van der Waals surface area contributed by atoms with Crippen LogP contribution in [0.1, 0.15) is 24.1 Å². The molecule has 2 N–H and O–H groups in total. The second-order valence-corrected chi connectivity index (χ2v) is 5.01. The molecule has 23 heavy (non-hydrogen) atoms. The van der Waals surface area contributed by atoms with Gasteiger partial charge in [0.2, 0.25) is 5.91 Å². The summed E-state index contributed by atoms with van der Waals surface area (Å²) in [6, 6.07) is 7.28. The fourth-order valence-electron chi connectivity index (χ4n) is 2.01. The lowest BCUT2D eigenvalue weighted by molar-refractivity contribution is -0.138. The Kier molecular flexibility index (Phi) is 5.29. The van der Waals surface area contributed by atoms with Gasteiger partial charge in [0, 0.05) is 0 Å². The second-order valence-electron chi connectivity index (χ2n) is 5.01. The molecule has 0 aliphatic heterocycles. The number of aliphatic carboxylic acids is 1. The van der Waals surface area contributed by atoms with Gasteiger partial charge in [0.15, 0.2) is 0 Å². The van der Waals surface area contributed by atoms with Crippen LogP contribution in [0.4, 0.5) is 0 Å². The van der Waals surface area contributed by atoms with Crippen molar-refractivity contribution in [2.24, 2.45) is 0 Å². The summed E-state index contributed by atoms with van der Waals surface area (Å²) in [4.78, 5) is 22.7. The van der Waals surface area contributed by atoms with Crippen LogP contribution in [0, 0.1) is 0 Å². The van der Waals surface area contributed by atoms with E-state index in [1.807, 2.05) is 12.1 Å². The summed E-state index contributed by atoms with van der Waals surface area (Å²) in [6.45, 7) is 1.74. The van der Waals surface area contributed by atoms with Gasteiger partial charge in [0.25, 0.3) is 0 Å². The van der Waals surface area contributed by atoms with Crippen LogP contribution in [0.3, 0.4) is 0 Å². The fraction of sp³-hybridized carbons (Fsp3) is 0.333. The van der Waals surface area contributed by atoms with E-state index in [0.29, 0.717) is 5.69 Å². The number of aromatic nitrogens is 3. The minimum atomic E-state index is -1.00. The predicted molar refractivity (Wildman–Crippen MR) is 80.9 cm³/mol. The lowest BCUT2D eigenvalue weighted by atomic mass is 10.0. The molecule has 0 spiro atoms. The molecule has 1 heterocycles. The molecule has 2 rings (SSSR count). The number of amides is 1. The molecule has 8 nitrogen and oxygen atoms in total. The lowest BCUT2D eigenvalue weighted by Gasteiger charge is -2.12. The van der Waals surface area contributed by atoms with E-state index in [1.165, 1.54) is 10.9 Å². The van der Waals surface area contributed by atoms with Crippen molar-refractivity contribution in [3.63, 3.8) is 0 Å². The van der Waals surface area contributed by atoms with Crippen LogP contribution in [0.5, 0.6) is 5.75 Å². The van der Waals surface area contributed by atoms with Crippen molar-refractivity contribution >= 4 is 11.9 Å². The number of carboxylic acid groups (broad SMARTS) is 1. The van der Waals surface area contributed by atoms with Crippen LogP contribution in [0.25, 0.3) is 0 Å². The first-order valence-electron chi connectivity index (χ1n) is 7.02. The number of rotatable bonds is 7. The van der Waals surface area contributed by atoms with Crippen molar-refractivity contribution in [2.75, 3.05) is 7.11 Å². The van der Waals surface area contributed by atoms with Gasteiger partial charge in [-0.05, 0) is 24.6 Å². The standard InChI is InChI=1S/C15H18N4O4/c1-10(11-3-5-13(23-2)6-4-11)15(22)16-7-12-8-19(18-17-12)9-14(20)21/h3-6,8,10H,7,9H2,1-2H3,(H,16,22)(H,20,21). The van der Waals surface area contributed by atoms with E-state index in [2.05, 4.69) is 15.6 Å². The zero-order valence-corrected chi connectivity index (χ0v) is 12.9. The summed E-state index contributed by atoms with van der Waals surface area (Å²) < 4.78 is 6.29. The highest BCUT2D eigenvalue weighted by molar-refractivity contribution is 5.83. The largest absolute Gasteiger partial charge is 0.497 e. The van der Waals surface area contributed by atoms with Crippen LogP contribution in [0.2, 0.25) is 0 Å². The zero-order valence-electron chi connectivity index (χ0n) is 12.9. The molecule has 2 aromatic rings. The monoisotopic (exact) mass is 318 g/mol. The first-order chi connectivity index (χ1) is 11.0. The van der Waals surface area contributed by atoms with E-state index in [-0.39, 0.29) is 24.9 Å². The van der Waals surface area contributed by atoms with Gasteiger partial charge in [-0.2, -0.15) is 0 Å². The molecule has 1 unspecified atom stereocenters. The zero-order chi connectivity index (χ0) is 16.8. The second kappa shape index (κ2) is 7.39. The van der Waals surface area contributed by atoms with Crippen LogP contribution in [0.15, 0.2) is 30.5 Å². The molecule has 0 bridgehead atoms. The van der Waals surface area contributed by atoms with Gasteiger partial charge >= 0.3 is 5.97 Å². The van der Waals surface area contributed by atoms with E-state index in [0.717, 1.165) is 11.3 Å². The molecule has 0 fully saturated rings. The lowest BCUT2D eigenvalue weighted by Crippen LogP contribution is -2.27. The molecule has 0 saturated heterocycles. The van der Waals surface area contributed by atoms with Crippen molar-refractivity contribution in [3.05, 3.63) is 41.7 Å². The third-order valence-corrected chi connectivity index (χ3v) is 3.34. The SMILES string of the molecule is COc1ccc(C(C)C(=O)NCc2cn(CC(=O)O)nn2)cc1. The Bertz CT molecular complexity index is 681. The normalized spacial score (nSPS) is 11.7. The molecule has 8 heteroatoms. The first-order valence-corrected chi connectivity index (χ1v) is 7.02. The maximum Gasteiger partial charge on any atom is 0.325 e. The van der Waals surface area contributed by atoms with Gasteiger partial charge in [-0.25, -0.2) is 4.68 Å². The van der Waals surface area contributed by atoms with Crippen LogP contribution >= 0.6 is 0 Å². The number of hydrogen-bond acceptors (Lipinski definition) is 5. The highest BCUT2D eigenvalue weighted by Crippen LogP contribution is 2.19. The topological polar surface area (TPSA) is 106 Å². The Balaban J connectivity index is 1.90. The Morgan fingerprint density at radius 2 is 2.04 bits per heavy atom. The Morgan fingerprint density at radius 1 is 1.35 bits per heavy atom. The number of methoxy groups -OCH3 is 1. The molecule has 1 amide bonds. The maximum atomic E-state index is 12.2. The molecule has 0 aliphatic carbocycles. The van der Waals surface area contributed by atoms with Crippen molar-refractivity contribution < 1.29 is 19.4 Å². The minimum absolute atomic E-state index is 0.150. The summed E-state index contributed by atoms with van der Waals surface area (Å²) in [5, 5.41) is 18.9. The minimum Gasteiger partial charge on any atom is -0.497 e. The number of ether oxygens (including phenoxy) is 1. The molecule has 1 aromatic carbocycles. The number of carbonyl (C=O) groups excluding carboxylic acids is 1. The van der Waals surface area contributed by atoms with E-state index >= 15 is 0 Å². The van der Waals surface area contributed by atoms with Gasteiger partial charge in [-0.1, -0.05) is 17.3 Å². The van der Waals surface area contributed by atoms with Crippen LogP contribution < -0.4 is 10.1 Å². The average Bonchev–Trinajstić information content (AvgIpc) is 2.98. The van der Waals surface area contributed by atoms with Crippen molar-refractivity contribution in [1.29, 1.82) is 0 Å².